The van der Waals surface area contributed by atoms with E-state index in [9.17, 15) is 4.79 Å². The topological polar surface area (TPSA) is 32.8 Å². The van der Waals surface area contributed by atoms with Crippen LogP contribution in [0.4, 0.5) is 5.69 Å². The molecule has 5 heteroatoms. The molecule has 1 fully saturated rings. The molecular formula is C19H21ClN2O2. The molecule has 0 radical (unpaired) electrons. The van der Waals surface area contributed by atoms with Gasteiger partial charge >= 0.3 is 0 Å². The smallest absolute Gasteiger partial charge is 0.253 e. The average Bonchev–Trinajstić information content (AvgIpc) is 2.63. The predicted octanol–water partition coefficient (Wildman–Crippen LogP) is 3.45. The van der Waals surface area contributed by atoms with Crippen LogP contribution in [0.2, 0.25) is 5.02 Å². The minimum atomic E-state index is -0.0103. The summed E-state index contributed by atoms with van der Waals surface area (Å²) in [6.07, 6.45) is 0. The molecule has 1 heterocycles. The maximum atomic E-state index is 12.4. The average molecular weight is 345 g/mol. The van der Waals surface area contributed by atoms with E-state index in [2.05, 4.69) is 29.2 Å². The van der Waals surface area contributed by atoms with Crippen LogP contribution in [-0.4, -0.2) is 44.2 Å². The summed E-state index contributed by atoms with van der Waals surface area (Å²) in [6, 6.07) is 15.4. The van der Waals surface area contributed by atoms with Crippen LogP contribution in [0.5, 0.6) is 0 Å². The zero-order valence-corrected chi connectivity index (χ0v) is 14.5. The molecule has 4 nitrogen and oxygen atoms in total. The number of ether oxygens (including phenoxy) is 1. The standard InChI is InChI=1S/C19H21ClN2O2/c1-21(19(23)16-4-6-17(20)7-5-16)14-15-2-8-18(9-3-15)22-10-12-24-13-11-22/h2-9H,10-14H2,1H3. The first-order chi connectivity index (χ1) is 11.6. The van der Waals surface area contributed by atoms with Gasteiger partial charge in [-0.2, -0.15) is 0 Å². The van der Waals surface area contributed by atoms with Crippen molar-refractivity contribution in [1.29, 1.82) is 0 Å². The monoisotopic (exact) mass is 344 g/mol. The Morgan fingerprint density at radius 1 is 1.08 bits per heavy atom. The quantitative estimate of drug-likeness (QED) is 0.851. The molecule has 0 atom stereocenters. The number of rotatable bonds is 4. The van der Waals surface area contributed by atoms with E-state index in [0.717, 1.165) is 31.9 Å². The summed E-state index contributed by atoms with van der Waals surface area (Å²) in [5.74, 6) is -0.0103. The Kier molecular flexibility index (Phi) is 5.38. The number of anilines is 1. The minimum Gasteiger partial charge on any atom is -0.378 e. The molecule has 1 amide bonds. The number of hydrogen-bond donors (Lipinski definition) is 0. The van der Waals surface area contributed by atoms with Crippen LogP contribution in [0, 0.1) is 0 Å². The molecule has 2 aromatic rings. The summed E-state index contributed by atoms with van der Waals surface area (Å²) in [5, 5.41) is 0.632. The molecule has 1 aliphatic rings. The fourth-order valence-corrected chi connectivity index (χ4v) is 2.92. The van der Waals surface area contributed by atoms with Gasteiger partial charge < -0.3 is 14.5 Å². The lowest BCUT2D eigenvalue weighted by molar-refractivity contribution is 0.0785. The third-order valence-corrected chi connectivity index (χ3v) is 4.42. The van der Waals surface area contributed by atoms with Gasteiger partial charge in [-0.3, -0.25) is 4.79 Å². The molecule has 126 valence electrons. The lowest BCUT2D eigenvalue weighted by Crippen LogP contribution is -2.36. The molecule has 0 aromatic heterocycles. The van der Waals surface area contributed by atoms with Crippen LogP contribution >= 0.6 is 11.6 Å². The number of nitrogens with zero attached hydrogens (tertiary/aromatic N) is 2. The Morgan fingerprint density at radius 3 is 2.33 bits per heavy atom. The molecule has 2 aromatic carbocycles. The van der Waals surface area contributed by atoms with E-state index in [1.54, 1.807) is 29.2 Å². The van der Waals surface area contributed by atoms with Crippen LogP contribution in [0.3, 0.4) is 0 Å². The van der Waals surface area contributed by atoms with Crippen molar-refractivity contribution in [2.75, 3.05) is 38.3 Å². The van der Waals surface area contributed by atoms with Gasteiger partial charge in [0, 0.05) is 43.0 Å². The highest BCUT2D eigenvalue weighted by Crippen LogP contribution is 2.18. The number of carbonyl (C=O) groups is 1. The van der Waals surface area contributed by atoms with Gasteiger partial charge in [0.05, 0.1) is 13.2 Å². The summed E-state index contributed by atoms with van der Waals surface area (Å²) in [6.45, 7) is 3.98. The van der Waals surface area contributed by atoms with Gasteiger partial charge in [0.2, 0.25) is 0 Å². The van der Waals surface area contributed by atoms with Gasteiger partial charge in [0.15, 0.2) is 0 Å². The zero-order valence-electron chi connectivity index (χ0n) is 13.7. The van der Waals surface area contributed by atoms with Crippen LogP contribution < -0.4 is 4.90 Å². The molecule has 0 spiro atoms. The first-order valence-electron chi connectivity index (χ1n) is 8.06. The third kappa shape index (κ3) is 4.08. The molecule has 0 saturated carbocycles. The molecule has 0 N–H and O–H groups in total. The van der Waals surface area contributed by atoms with Gasteiger partial charge in [-0.1, -0.05) is 23.7 Å². The van der Waals surface area contributed by atoms with Crippen LogP contribution in [-0.2, 0) is 11.3 Å². The van der Waals surface area contributed by atoms with E-state index in [-0.39, 0.29) is 5.91 Å². The summed E-state index contributed by atoms with van der Waals surface area (Å²) in [7, 11) is 1.81. The summed E-state index contributed by atoms with van der Waals surface area (Å²) >= 11 is 5.87. The number of benzene rings is 2. The number of hydrogen-bond acceptors (Lipinski definition) is 3. The van der Waals surface area contributed by atoms with Gasteiger partial charge in [-0.15, -0.1) is 0 Å². The van der Waals surface area contributed by atoms with Crippen molar-refractivity contribution in [3.63, 3.8) is 0 Å². The van der Waals surface area contributed by atoms with Crippen LogP contribution in [0.25, 0.3) is 0 Å². The lowest BCUT2D eigenvalue weighted by atomic mass is 10.1. The second-order valence-electron chi connectivity index (χ2n) is 5.93. The summed E-state index contributed by atoms with van der Waals surface area (Å²) in [4.78, 5) is 16.5. The number of morpholine rings is 1. The predicted molar refractivity (Wildman–Crippen MR) is 96.7 cm³/mol. The molecule has 1 saturated heterocycles. The molecular weight excluding hydrogens is 324 g/mol. The summed E-state index contributed by atoms with van der Waals surface area (Å²) < 4.78 is 5.38. The van der Waals surface area contributed by atoms with Gasteiger partial charge in [0.1, 0.15) is 0 Å². The fourth-order valence-electron chi connectivity index (χ4n) is 2.79. The number of amides is 1. The fraction of sp³-hybridized carbons (Fsp3) is 0.316. The maximum Gasteiger partial charge on any atom is 0.253 e. The van der Waals surface area contributed by atoms with Crippen molar-refractivity contribution in [3.8, 4) is 0 Å². The van der Waals surface area contributed by atoms with E-state index in [4.69, 9.17) is 16.3 Å². The first-order valence-corrected chi connectivity index (χ1v) is 8.44. The molecule has 24 heavy (non-hydrogen) atoms. The van der Waals surface area contributed by atoms with Crippen LogP contribution in [0.15, 0.2) is 48.5 Å². The van der Waals surface area contributed by atoms with E-state index in [0.29, 0.717) is 17.1 Å². The van der Waals surface area contributed by atoms with Crippen molar-refractivity contribution in [1.82, 2.24) is 4.90 Å². The number of carbonyl (C=O) groups excluding carboxylic acids is 1. The van der Waals surface area contributed by atoms with Crippen molar-refractivity contribution in [2.24, 2.45) is 0 Å². The Hall–Kier alpha value is -2.04. The largest absolute Gasteiger partial charge is 0.378 e. The Bertz CT molecular complexity index is 680. The highest BCUT2D eigenvalue weighted by atomic mass is 35.5. The molecule has 0 unspecified atom stereocenters. The SMILES string of the molecule is CN(Cc1ccc(N2CCOCC2)cc1)C(=O)c1ccc(Cl)cc1. The molecule has 0 bridgehead atoms. The Balaban J connectivity index is 1.62. The highest BCUT2D eigenvalue weighted by molar-refractivity contribution is 6.30. The van der Waals surface area contributed by atoms with Gasteiger partial charge in [0.25, 0.3) is 5.91 Å². The molecule has 1 aliphatic heterocycles. The maximum absolute atomic E-state index is 12.4. The second-order valence-corrected chi connectivity index (χ2v) is 6.37. The number of halogens is 1. The van der Waals surface area contributed by atoms with Crippen molar-refractivity contribution in [3.05, 3.63) is 64.7 Å². The van der Waals surface area contributed by atoms with E-state index in [1.165, 1.54) is 5.69 Å². The van der Waals surface area contributed by atoms with E-state index >= 15 is 0 Å². The Morgan fingerprint density at radius 2 is 1.71 bits per heavy atom. The lowest BCUT2D eigenvalue weighted by Gasteiger charge is -2.29. The van der Waals surface area contributed by atoms with E-state index in [1.807, 2.05) is 7.05 Å². The molecule has 3 rings (SSSR count). The summed E-state index contributed by atoms with van der Waals surface area (Å²) in [5.41, 5.74) is 2.96. The minimum absolute atomic E-state index is 0.0103. The van der Waals surface area contributed by atoms with Crippen molar-refractivity contribution < 1.29 is 9.53 Å². The normalized spacial score (nSPS) is 14.5. The highest BCUT2D eigenvalue weighted by Gasteiger charge is 2.13. The Labute approximate surface area is 147 Å². The zero-order chi connectivity index (χ0) is 16.9. The third-order valence-electron chi connectivity index (χ3n) is 4.17. The van der Waals surface area contributed by atoms with Crippen LogP contribution in [0.1, 0.15) is 15.9 Å². The second kappa shape index (κ2) is 7.69. The van der Waals surface area contributed by atoms with Crippen molar-refractivity contribution in [2.45, 2.75) is 6.54 Å². The molecule has 0 aliphatic carbocycles. The van der Waals surface area contributed by atoms with Gasteiger partial charge in [-0.05, 0) is 42.0 Å². The van der Waals surface area contributed by atoms with Gasteiger partial charge in [-0.25, -0.2) is 0 Å². The van der Waals surface area contributed by atoms with E-state index < -0.39 is 0 Å². The van der Waals surface area contributed by atoms with Crippen molar-refractivity contribution >= 4 is 23.2 Å². The first kappa shape index (κ1) is 16.8.